The van der Waals surface area contributed by atoms with Gasteiger partial charge in [-0.05, 0) is 75.5 Å². The third kappa shape index (κ3) is 4.49. The maximum absolute atomic E-state index is 12.1. The topological polar surface area (TPSA) is 83.8 Å². The number of aliphatic carboxylic acids is 1. The van der Waals surface area contributed by atoms with E-state index in [0.717, 1.165) is 44.9 Å². The summed E-state index contributed by atoms with van der Waals surface area (Å²) in [7, 11) is 0. The molecule has 0 saturated heterocycles. The zero-order valence-electron chi connectivity index (χ0n) is 17.7. The second-order valence-electron chi connectivity index (χ2n) is 9.89. The predicted octanol–water partition coefficient (Wildman–Crippen LogP) is 4.41. The minimum absolute atomic E-state index is 0.0962. The van der Waals surface area contributed by atoms with E-state index in [1.54, 1.807) is 0 Å². The van der Waals surface area contributed by atoms with Crippen LogP contribution in [0.15, 0.2) is 0 Å². The molecule has 0 spiro atoms. The molecule has 6 atom stereocenters. The zero-order valence-corrected chi connectivity index (χ0v) is 17.7. The maximum Gasteiger partial charge on any atom is 0.309 e. The lowest BCUT2D eigenvalue weighted by molar-refractivity contribution is -0.191. The van der Waals surface area contributed by atoms with Crippen molar-refractivity contribution in [3.63, 3.8) is 0 Å². The Morgan fingerprint density at radius 2 is 1.81 bits per heavy atom. The van der Waals surface area contributed by atoms with E-state index in [0.29, 0.717) is 18.9 Å². The van der Waals surface area contributed by atoms with Crippen LogP contribution in [0.4, 0.5) is 0 Å². The minimum Gasteiger partial charge on any atom is -0.481 e. The highest BCUT2D eigenvalue weighted by Gasteiger charge is 2.61. The van der Waals surface area contributed by atoms with Gasteiger partial charge < -0.3 is 14.9 Å². The second-order valence-corrected chi connectivity index (χ2v) is 9.89. The molecule has 2 N–H and O–H groups in total. The fraction of sp³-hybridized carbons (Fsp3) is 0.909. The van der Waals surface area contributed by atoms with Gasteiger partial charge in [-0.1, -0.05) is 26.7 Å². The monoisotopic (exact) mass is 382 g/mol. The van der Waals surface area contributed by atoms with Gasteiger partial charge in [0, 0.05) is 6.92 Å². The van der Waals surface area contributed by atoms with E-state index < -0.39 is 17.0 Å². The van der Waals surface area contributed by atoms with E-state index in [1.165, 1.54) is 6.92 Å². The summed E-state index contributed by atoms with van der Waals surface area (Å²) >= 11 is 0. The van der Waals surface area contributed by atoms with Crippen LogP contribution in [-0.2, 0) is 14.3 Å². The molecule has 5 heteroatoms. The predicted molar refractivity (Wildman–Crippen MR) is 104 cm³/mol. The molecule has 0 radical (unpaired) electrons. The molecule has 0 aliphatic heterocycles. The van der Waals surface area contributed by atoms with Crippen LogP contribution in [0.3, 0.4) is 0 Å². The lowest BCUT2D eigenvalue weighted by Gasteiger charge is -2.60. The van der Waals surface area contributed by atoms with Crippen molar-refractivity contribution in [2.45, 2.75) is 91.6 Å². The van der Waals surface area contributed by atoms with Crippen molar-refractivity contribution in [1.82, 2.24) is 0 Å². The van der Waals surface area contributed by atoms with Gasteiger partial charge in [0.25, 0.3) is 0 Å². The van der Waals surface area contributed by atoms with E-state index in [4.69, 9.17) is 4.74 Å². The summed E-state index contributed by atoms with van der Waals surface area (Å²) in [6.45, 7) is 10.1. The SMILES string of the molecule is CC(=O)OCCC(C)CCC1C(C)(O)CCC2C(C)(C(=O)O)CCCC12C. The molecule has 2 aliphatic carbocycles. The summed E-state index contributed by atoms with van der Waals surface area (Å²) in [4.78, 5) is 23.0. The van der Waals surface area contributed by atoms with Gasteiger partial charge in [0.1, 0.15) is 0 Å². The molecule has 2 fully saturated rings. The standard InChI is InChI=1S/C22H38O5/c1-15(10-14-27-16(2)23)7-8-18-20(3)11-6-12-21(4,19(24)25)17(20)9-13-22(18,5)26/h15,17-18,26H,6-14H2,1-5H3,(H,24,25). The van der Waals surface area contributed by atoms with Crippen molar-refractivity contribution in [3.8, 4) is 0 Å². The van der Waals surface area contributed by atoms with E-state index in [9.17, 15) is 19.8 Å². The first kappa shape index (κ1) is 22.2. The number of fused-ring (bicyclic) bond motifs is 1. The summed E-state index contributed by atoms with van der Waals surface area (Å²) < 4.78 is 5.05. The molecular weight excluding hydrogens is 344 g/mol. The van der Waals surface area contributed by atoms with Gasteiger partial charge in [-0.2, -0.15) is 0 Å². The molecule has 0 aromatic carbocycles. The fourth-order valence-electron chi connectivity index (χ4n) is 6.20. The Bertz CT molecular complexity index is 557. The molecule has 6 unspecified atom stereocenters. The minimum atomic E-state index is -0.752. The molecule has 0 aromatic heterocycles. The first-order chi connectivity index (χ1) is 12.4. The van der Waals surface area contributed by atoms with E-state index in [2.05, 4.69) is 13.8 Å². The third-order valence-electron chi connectivity index (χ3n) is 7.82. The number of aliphatic hydroxyl groups is 1. The highest BCUT2D eigenvalue weighted by molar-refractivity contribution is 5.75. The Balaban J connectivity index is 2.12. The second kappa shape index (κ2) is 8.10. The van der Waals surface area contributed by atoms with Crippen LogP contribution >= 0.6 is 0 Å². The van der Waals surface area contributed by atoms with Crippen LogP contribution in [0, 0.1) is 28.6 Å². The quantitative estimate of drug-likeness (QED) is 0.637. The van der Waals surface area contributed by atoms with Crippen molar-refractivity contribution in [2.75, 3.05) is 6.61 Å². The zero-order chi connectivity index (χ0) is 20.5. The van der Waals surface area contributed by atoms with E-state index in [-0.39, 0.29) is 23.2 Å². The molecule has 2 rings (SSSR count). The van der Waals surface area contributed by atoms with Gasteiger partial charge in [-0.15, -0.1) is 0 Å². The van der Waals surface area contributed by atoms with Crippen LogP contribution in [0.1, 0.15) is 86.0 Å². The van der Waals surface area contributed by atoms with Crippen LogP contribution < -0.4 is 0 Å². The lowest BCUT2D eigenvalue weighted by atomic mass is 9.44. The Kier molecular flexibility index (Phi) is 6.66. The number of carbonyl (C=O) groups excluding carboxylic acids is 1. The van der Waals surface area contributed by atoms with Gasteiger partial charge in [-0.3, -0.25) is 9.59 Å². The largest absolute Gasteiger partial charge is 0.481 e. The van der Waals surface area contributed by atoms with Crippen LogP contribution in [0.5, 0.6) is 0 Å². The van der Waals surface area contributed by atoms with E-state index >= 15 is 0 Å². The molecule has 0 bridgehead atoms. The molecule has 5 nitrogen and oxygen atoms in total. The molecule has 2 aliphatic rings. The highest BCUT2D eigenvalue weighted by Crippen LogP contribution is 2.63. The van der Waals surface area contributed by atoms with Crippen LogP contribution in [0.2, 0.25) is 0 Å². The van der Waals surface area contributed by atoms with Gasteiger partial charge in [0.05, 0.1) is 17.6 Å². The number of esters is 1. The first-order valence-electron chi connectivity index (χ1n) is 10.5. The molecule has 0 amide bonds. The molecule has 0 aromatic rings. The number of carboxylic acid groups (broad SMARTS) is 1. The fourth-order valence-corrected chi connectivity index (χ4v) is 6.20. The Morgan fingerprint density at radius 1 is 1.15 bits per heavy atom. The van der Waals surface area contributed by atoms with Gasteiger partial charge >= 0.3 is 11.9 Å². The number of carboxylic acids is 1. The molecular formula is C22H38O5. The first-order valence-corrected chi connectivity index (χ1v) is 10.5. The normalized spacial score (nSPS) is 40.1. The number of carbonyl (C=O) groups is 2. The van der Waals surface area contributed by atoms with Crippen molar-refractivity contribution < 1.29 is 24.5 Å². The van der Waals surface area contributed by atoms with Crippen molar-refractivity contribution >= 4 is 11.9 Å². The van der Waals surface area contributed by atoms with E-state index in [1.807, 2.05) is 13.8 Å². The van der Waals surface area contributed by atoms with Crippen molar-refractivity contribution in [1.29, 1.82) is 0 Å². The molecule has 0 heterocycles. The maximum atomic E-state index is 12.1. The summed E-state index contributed by atoms with van der Waals surface area (Å²) in [6.07, 6.45) is 6.74. The number of rotatable bonds is 7. The van der Waals surface area contributed by atoms with Crippen LogP contribution in [0.25, 0.3) is 0 Å². The Morgan fingerprint density at radius 3 is 2.41 bits per heavy atom. The molecule has 27 heavy (non-hydrogen) atoms. The number of hydrogen-bond acceptors (Lipinski definition) is 4. The summed E-state index contributed by atoms with van der Waals surface area (Å²) in [5.41, 5.74) is -1.59. The van der Waals surface area contributed by atoms with Crippen molar-refractivity contribution in [3.05, 3.63) is 0 Å². The van der Waals surface area contributed by atoms with Gasteiger partial charge in [0.2, 0.25) is 0 Å². The summed E-state index contributed by atoms with van der Waals surface area (Å²) in [6, 6.07) is 0. The Hall–Kier alpha value is -1.10. The number of ether oxygens (including phenoxy) is 1. The highest BCUT2D eigenvalue weighted by atomic mass is 16.5. The average molecular weight is 383 g/mol. The summed E-state index contributed by atoms with van der Waals surface area (Å²) in [5, 5.41) is 21.1. The Labute approximate surface area is 163 Å². The van der Waals surface area contributed by atoms with Gasteiger partial charge in [-0.25, -0.2) is 0 Å². The summed E-state index contributed by atoms with van der Waals surface area (Å²) in [5.74, 6) is -0.327. The van der Waals surface area contributed by atoms with Gasteiger partial charge in [0.15, 0.2) is 0 Å². The third-order valence-corrected chi connectivity index (χ3v) is 7.82. The molecule has 2 saturated carbocycles. The lowest BCUT2D eigenvalue weighted by Crippen LogP contribution is -2.59. The number of hydrogen-bond donors (Lipinski definition) is 2. The van der Waals surface area contributed by atoms with Crippen LogP contribution in [-0.4, -0.2) is 34.4 Å². The van der Waals surface area contributed by atoms with Crippen molar-refractivity contribution in [2.24, 2.45) is 28.6 Å². The molecule has 156 valence electrons. The smallest absolute Gasteiger partial charge is 0.309 e. The average Bonchev–Trinajstić information content (AvgIpc) is 2.52.